The van der Waals surface area contributed by atoms with Crippen LogP contribution in [0.3, 0.4) is 0 Å². The van der Waals surface area contributed by atoms with E-state index in [1.54, 1.807) is 19.9 Å². The van der Waals surface area contributed by atoms with Crippen molar-refractivity contribution in [1.29, 1.82) is 0 Å². The minimum Gasteiger partial charge on any atom is -0.397 e. The van der Waals surface area contributed by atoms with Crippen LogP contribution in [0.5, 0.6) is 0 Å². The summed E-state index contributed by atoms with van der Waals surface area (Å²) >= 11 is 0. The fourth-order valence-corrected chi connectivity index (χ4v) is 4.41. The molecule has 112 valence electrons. The maximum absolute atomic E-state index is 12.7. The van der Waals surface area contributed by atoms with Crippen LogP contribution in [0.2, 0.25) is 0 Å². The third kappa shape index (κ3) is 2.97. The van der Waals surface area contributed by atoms with Crippen LogP contribution in [-0.4, -0.2) is 27.2 Å². The largest absolute Gasteiger partial charge is 0.397 e. The van der Waals surface area contributed by atoms with Gasteiger partial charge in [-0.25, -0.2) is 13.1 Å². The fraction of sp³-hybridized carbons (Fsp3) is 0.571. The summed E-state index contributed by atoms with van der Waals surface area (Å²) in [6, 6.07) is 3.61. The van der Waals surface area contributed by atoms with Crippen molar-refractivity contribution in [2.45, 2.75) is 44.0 Å². The first-order chi connectivity index (χ1) is 9.25. The molecule has 0 bridgehead atoms. The number of rotatable bonds is 3. The maximum Gasteiger partial charge on any atom is 0.243 e. The van der Waals surface area contributed by atoms with Gasteiger partial charge in [0.2, 0.25) is 10.0 Å². The Balaban J connectivity index is 2.38. The molecule has 3 N–H and O–H groups in total. The van der Waals surface area contributed by atoms with Crippen LogP contribution in [0.1, 0.15) is 30.9 Å². The van der Waals surface area contributed by atoms with Crippen LogP contribution in [0.4, 0.5) is 5.69 Å². The maximum atomic E-state index is 12.7. The summed E-state index contributed by atoms with van der Waals surface area (Å²) in [4.78, 5) is 0.185. The van der Waals surface area contributed by atoms with Gasteiger partial charge in [0.1, 0.15) is 4.90 Å². The standard InChI is InChI=1S/C14H22N2O3S/c1-10-5-6-11(2)13(12(10)15)20(17,18)16-14(3)7-4-8-19-9-14/h5-6,16H,4,7-9,15H2,1-3H3. The first-order valence-electron chi connectivity index (χ1n) is 6.73. The van der Waals surface area contributed by atoms with Crippen LogP contribution in [0, 0.1) is 13.8 Å². The van der Waals surface area contributed by atoms with Gasteiger partial charge in [0.25, 0.3) is 0 Å². The molecule has 1 aliphatic heterocycles. The minimum atomic E-state index is -3.66. The first kappa shape index (κ1) is 15.3. The summed E-state index contributed by atoms with van der Waals surface area (Å²) < 4.78 is 33.5. The molecule has 1 fully saturated rings. The molecule has 0 saturated carbocycles. The molecule has 1 aromatic carbocycles. The molecule has 1 atom stereocenters. The number of sulfonamides is 1. The van der Waals surface area contributed by atoms with E-state index in [1.807, 2.05) is 13.0 Å². The van der Waals surface area contributed by atoms with Crippen LogP contribution >= 0.6 is 0 Å². The second kappa shape index (κ2) is 5.35. The lowest BCUT2D eigenvalue weighted by Gasteiger charge is -2.34. The summed E-state index contributed by atoms with van der Waals surface area (Å²) in [5.41, 5.74) is 7.13. The lowest BCUT2D eigenvalue weighted by molar-refractivity contribution is 0.0386. The number of aryl methyl sites for hydroxylation is 2. The molecule has 0 radical (unpaired) electrons. The number of hydrogen-bond acceptors (Lipinski definition) is 4. The van der Waals surface area contributed by atoms with Gasteiger partial charge in [-0.05, 0) is 44.7 Å². The zero-order valence-corrected chi connectivity index (χ0v) is 13.0. The lowest BCUT2D eigenvalue weighted by atomic mass is 9.97. The molecular formula is C14H22N2O3S. The molecule has 1 heterocycles. The van der Waals surface area contributed by atoms with Crippen molar-refractivity contribution < 1.29 is 13.2 Å². The SMILES string of the molecule is Cc1ccc(C)c(S(=O)(=O)NC2(C)CCCOC2)c1N. The quantitative estimate of drug-likeness (QED) is 0.833. The van der Waals surface area contributed by atoms with Crippen LogP contribution in [-0.2, 0) is 14.8 Å². The molecular weight excluding hydrogens is 276 g/mol. The van der Waals surface area contributed by atoms with E-state index in [0.29, 0.717) is 24.5 Å². The van der Waals surface area contributed by atoms with Crippen LogP contribution in [0.25, 0.3) is 0 Å². The molecule has 1 saturated heterocycles. The Morgan fingerprint density at radius 1 is 1.30 bits per heavy atom. The van der Waals surface area contributed by atoms with Gasteiger partial charge in [0, 0.05) is 6.61 Å². The van der Waals surface area contributed by atoms with Crippen molar-refractivity contribution in [3.8, 4) is 0 Å². The number of nitrogens with one attached hydrogen (secondary N) is 1. The summed E-state index contributed by atoms with van der Waals surface area (Å²) in [5, 5.41) is 0. The average Bonchev–Trinajstić information content (AvgIpc) is 2.33. The Morgan fingerprint density at radius 2 is 1.95 bits per heavy atom. The predicted octanol–water partition coefficient (Wildman–Crippen LogP) is 1.73. The van der Waals surface area contributed by atoms with E-state index in [-0.39, 0.29) is 4.90 Å². The van der Waals surface area contributed by atoms with E-state index < -0.39 is 15.6 Å². The molecule has 0 amide bonds. The van der Waals surface area contributed by atoms with Gasteiger partial charge in [-0.2, -0.15) is 0 Å². The number of benzene rings is 1. The predicted molar refractivity (Wildman–Crippen MR) is 79.1 cm³/mol. The van der Waals surface area contributed by atoms with E-state index in [2.05, 4.69) is 4.72 Å². The summed E-state index contributed by atoms with van der Waals surface area (Å²) in [7, 11) is -3.66. The van der Waals surface area contributed by atoms with Crippen LogP contribution in [0.15, 0.2) is 17.0 Å². The lowest BCUT2D eigenvalue weighted by Crippen LogP contribution is -2.51. The third-order valence-electron chi connectivity index (χ3n) is 3.70. The van der Waals surface area contributed by atoms with Gasteiger partial charge in [0.15, 0.2) is 0 Å². The Labute approximate surface area is 120 Å². The van der Waals surface area contributed by atoms with Crippen molar-refractivity contribution in [3.05, 3.63) is 23.3 Å². The number of ether oxygens (including phenoxy) is 1. The number of hydrogen-bond donors (Lipinski definition) is 2. The topological polar surface area (TPSA) is 81.4 Å². The zero-order chi connectivity index (χ0) is 15.0. The van der Waals surface area contributed by atoms with E-state index in [4.69, 9.17) is 10.5 Å². The fourth-order valence-electron chi connectivity index (χ4n) is 2.55. The second-order valence-corrected chi connectivity index (χ2v) is 7.38. The summed E-state index contributed by atoms with van der Waals surface area (Å²) in [6.07, 6.45) is 1.61. The smallest absolute Gasteiger partial charge is 0.243 e. The normalized spacial score (nSPS) is 23.8. The molecule has 0 aliphatic carbocycles. The Bertz CT molecular complexity index is 605. The van der Waals surface area contributed by atoms with Crippen LogP contribution < -0.4 is 10.5 Å². The van der Waals surface area contributed by atoms with E-state index >= 15 is 0 Å². The molecule has 20 heavy (non-hydrogen) atoms. The molecule has 5 nitrogen and oxygen atoms in total. The van der Waals surface area contributed by atoms with Gasteiger partial charge >= 0.3 is 0 Å². The Morgan fingerprint density at radius 3 is 2.55 bits per heavy atom. The highest BCUT2D eigenvalue weighted by Crippen LogP contribution is 2.28. The Kier molecular flexibility index (Phi) is 4.09. The third-order valence-corrected chi connectivity index (χ3v) is 5.54. The molecule has 1 unspecified atom stereocenters. The highest BCUT2D eigenvalue weighted by molar-refractivity contribution is 7.89. The number of anilines is 1. The van der Waals surface area contributed by atoms with Crippen molar-refractivity contribution in [2.24, 2.45) is 0 Å². The minimum absolute atomic E-state index is 0.185. The van der Waals surface area contributed by atoms with Crippen molar-refractivity contribution >= 4 is 15.7 Å². The highest BCUT2D eigenvalue weighted by Gasteiger charge is 2.34. The van der Waals surface area contributed by atoms with Crippen molar-refractivity contribution in [2.75, 3.05) is 18.9 Å². The molecule has 0 spiro atoms. The molecule has 6 heteroatoms. The zero-order valence-electron chi connectivity index (χ0n) is 12.2. The number of nitrogens with two attached hydrogens (primary N) is 1. The van der Waals surface area contributed by atoms with E-state index in [1.165, 1.54) is 0 Å². The van der Waals surface area contributed by atoms with Crippen molar-refractivity contribution in [3.63, 3.8) is 0 Å². The van der Waals surface area contributed by atoms with Gasteiger partial charge < -0.3 is 10.5 Å². The van der Waals surface area contributed by atoms with E-state index in [9.17, 15) is 8.42 Å². The van der Waals surface area contributed by atoms with E-state index in [0.717, 1.165) is 18.4 Å². The van der Waals surface area contributed by atoms with Gasteiger partial charge in [0.05, 0.1) is 17.8 Å². The molecule has 0 aromatic heterocycles. The Hall–Kier alpha value is -1.11. The summed E-state index contributed by atoms with van der Waals surface area (Å²) in [5.74, 6) is 0. The molecule has 1 aromatic rings. The average molecular weight is 298 g/mol. The van der Waals surface area contributed by atoms with Gasteiger partial charge in [-0.1, -0.05) is 12.1 Å². The molecule has 2 rings (SSSR count). The number of nitrogen functional groups attached to an aromatic ring is 1. The van der Waals surface area contributed by atoms with Gasteiger partial charge in [-0.15, -0.1) is 0 Å². The first-order valence-corrected chi connectivity index (χ1v) is 8.21. The monoisotopic (exact) mass is 298 g/mol. The summed E-state index contributed by atoms with van der Waals surface area (Å²) in [6.45, 7) is 6.49. The second-order valence-electron chi connectivity index (χ2n) is 5.76. The highest BCUT2D eigenvalue weighted by atomic mass is 32.2. The van der Waals surface area contributed by atoms with Crippen molar-refractivity contribution in [1.82, 2.24) is 4.72 Å². The van der Waals surface area contributed by atoms with Gasteiger partial charge in [-0.3, -0.25) is 0 Å². The molecule has 1 aliphatic rings.